The first kappa shape index (κ1) is 33.6. The summed E-state index contributed by atoms with van der Waals surface area (Å²) in [6.45, 7) is 2.66. The lowest BCUT2D eigenvalue weighted by atomic mass is 9.73. The Morgan fingerprint density at radius 2 is 1.92 bits per heavy atom. The van der Waals surface area contributed by atoms with Crippen molar-refractivity contribution in [3.63, 3.8) is 0 Å². The number of benzene rings is 1. The number of anilines is 2. The molecule has 3 aliphatic rings. The second kappa shape index (κ2) is 12.1. The van der Waals surface area contributed by atoms with Crippen molar-refractivity contribution < 1.29 is 32.6 Å². The first-order valence-electron chi connectivity index (χ1n) is 16.1. The monoisotopic (exact) mass is 711 g/mol. The summed E-state index contributed by atoms with van der Waals surface area (Å²) in [7, 11) is 3.53. The number of pyridine rings is 2. The fourth-order valence-corrected chi connectivity index (χ4v) is 7.80. The van der Waals surface area contributed by atoms with Crippen LogP contribution in [0, 0.1) is 0 Å². The maximum absolute atomic E-state index is 14.4. The lowest BCUT2D eigenvalue weighted by molar-refractivity contribution is -0.137. The smallest absolute Gasteiger partial charge is 0.416 e. The number of fused-ring (bicyclic) bond motifs is 4. The number of aromatic hydroxyl groups is 1. The molecular formula is C34H33ClF3N7O5. The highest BCUT2D eigenvalue weighted by atomic mass is 35.5. The van der Waals surface area contributed by atoms with E-state index in [1.54, 1.807) is 28.5 Å². The first-order valence-corrected chi connectivity index (χ1v) is 16.5. The molecule has 1 aromatic carbocycles. The summed E-state index contributed by atoms with van der Waals surface area (Å²) >= 11 is 6.13. The molecule has 50 heavy (non-hydrogen) atoms. The molecule has 2 aliphatic heterocycles. The fraction of sp³-hybridized carbons (Fsp3) is 0.412. The van der Waals surface area contributed by atoms with Gasteiger partial charge in [-0.1, -0.05) is 18.5 Å². The van der Waals surface area contributed by atoms with E-state index >= 15 is 0 Å². The Hall–Kier alpha value is -4.92. The number of halogens is 4. The minimum Gasteiger partial charge on any atom is -0.505 e. The Balaban J connectivity index is 1.23. The Morgan fingerprint density at radius 1 is 1.18 bits per heavy atom. The highest BCUT2D eigenvalue weighted by Crippen LogP contribution is 2.51. The second-order valence-electron chi connectivity index (χ2n) is 13.3. The van der Waals surface area contributed by atoms with Gasteiger partial charge in [-0.15, -0.1) is 0 Å². The van der Waals surface area contributed by atoms with Crippen LogP contribution in [0.1, 0.15) is 65.0 Å². The van der Waals surface area contributed by atoms with Gasteiger partial charge in [0.1, 0.15) is 18.1 Å². The van der Waals surface area contributed by atoms with Crippen molar-refractivity contribution in [1.29, 1.82) is 0 Å². The van der Waals surface area contributed by atoms with Crippen LogP contribution in [0.15, 0.2) is 35.4 Å². The number of ether oxygens (including phenoxy) is 1. The van der Waals surface area contributed by atoms with E-state index < -0.39 is 29.0 Å². The second-order valence-corrected chi connectivity index (χ2v) is 13.7. The van der Waals surface area contributed by atoms with Crippen LogP contribution in [-0.4, -0.2) is 75.1 Å². The molecule has 2 N–H and O–H groups in total. The van der Waals surface area contributed by atoms with Gasteiger partial charge >= 0.3 is 6.18 Å². The van der Waals surface area contributed by atoms with E-state index in [2.05, 4.69) is 20.3 Å². The Labute approximate surface area is 288 Å². The Kier molecular flexibility index (Phi) is 8.15. The van der Waals surface area contributed by atoms with Crippen LogP contribution in [0.5, 0.6) is 11.5 Å². The third-order valence-electron chi connectivity index (χ3n) is 9.95. The lowest BCUT2D eigenvalue weighted by Gasteiger charge is -2.40. The quantitative estimate of drug-likeness (QED) is 0.296. The number of aromatic nitrogens is 4. The third kappa shape index (κ3) is 5.56. The van der Waals surface area contributed by atoms with Crippen molar-refractivity contribution in [2.24, 2.45) is 0 Å². The molecule has 16 heteroatoms. The maximum Gasteiger partial charge on any atom is 0.416 e. The molecule has 1 aliphatic carbocycles. The number of piperidine rings is 1. The summed E-state index contributed by atoms with van der Waals surface area (Å²) in [4.78, 5) is 58.2. The van der Waals surface area contributed by atoms with E-state index in [0.29, 0.717) is 73.8 Å². The molecule has 1 fully saturated rings. The molecule has 0 radical (unpaired) electrons. The number of nitrogens with one attached hydrogen (secondary N) is 1. The molecule has 0 saturated carbocycles. The zero-order valence-electron chi connectivity index (χ0n) is 27.4. The zero-order valence-corrected chi connectivity index (χ0v) is 28.2. The summed E-state index contributed by atoms with van der Waals surface area (Å²) in [5.74, 6) is -0.453. The average Bonchev–Trinajstić information content (AvgIpc) is 3.66. The van der Waals surface area contributed by atoms with Gasteiger partial charge in [-0.2, -0.15) is 13.2 Å². The van der Waals surface area contributed by atoms with Crippen LogP contribution in [0.2, 0.25) is 5.02 Å². The largest absolute Gasteiger partial charge is 0.505 e. The number of rotatable bonds is 5. The van der Waals surface area contributed by atoms with E-state index in [1.165, 1.54) is 12.4 Å². The SMILES string of the molecule is C[C@H]1CC2(CCN(C(=O)c3ncc4c(c3O)CCO4)CC2)c2c1n(CC(=O)Nc1ccc(C(F)(F)F)cc1Cl)c1ncc(N(C)C)nc1c2=O. The van der Waals surface area contributed by atoms with Crippen molar-refractivity contribution in [1.82, 2.24) is 24.4 Å². The van der Waals surface area contributed by atoms with Gasteiger partial charge < -0.3 is 29.5 Å². The summed E-state index contributed by atoms with van der Waals surface area (Å²) in [6.07, 6.45) is 0.298. The molecule has 3 aromatic heterocycles. The molecule has 262 valence electrons. The van der Waals surface area contributed by atoms with Gasteiger partial charge in [0.15, 0.2) is 22.6 Å². The van der Waals surface area contributed by atoms with Crippen molar-refractivity contribution >= 4 is 46.1 Å². The number of likely N-dealkylation sites (tertiary alicyclic amines) is 1. The number of hydrogen-bond acceptors (Lipinski definition) is 9. The molecule has 2 amide bonds. The van der Waals surface area contributed by atoms with Gasteiger partial charge in [0.25, 0.3) is 5.91 Å². The van der Waals surface area contributed by atoms with Crippen molar-refractivity contribution in [2.75, 3.05) is 44.0 Å². The Morgan fingerprint density at radius 3 is 2.60 bits per heavy atom. The molecule has 0 unspecified atom stereocenters. The van der Waals surface area contributed by atoms with Crippen molar-refractivity contribution in [3.8, 4) is 11.5 Å². The van der Waals surface area contributed by atoms with E-state index in [9.17, 15) is 32.7 Å². The van der Waals surface area contributed by atoms with Gasteiger partial charge in [-0.25, -0.2) is 15.0 Å². The molecule has 1 spiro atoms. The molecule has 12 nitrogen and oxygen atoms in total. The van der Waals surface area contributed by atoms with Crippen LogP contribution in [0.4, 0.5) is 24.7 Å². The fourth-order valence-electron chi connectivity index (χ4n) is 7.57. The van der Waals surface area contributed by atoms with E-state index in [4.69, 9.17) is 16.3 Å². The molecule has 5 heterocycles. The lowest BCUT2D eigenvalue weighted by Crippen LogP contribution is -2.46. The maximum atomic E-state index is 14.4. The van der Waals surface area contributed by atoms with Gasteiger partial charge in [0, 0.05) is 55.8 Å². The van der Waals surface area contributed by atoms with E-state index in [0.717, 1.165) is 18.2 Å². The van der Waals surface area contributed by atoms with Gasteiger partial charge in [-0.3, -0.25) is 14.4 Å². The first-order chi connectivity index (χ1) is 23.7. The minimum atomic E-state index is -4.60. The van der Waals surface area contributed by atoms with Crippen LogP contribution in [-0.2, 0) is 29.4 Å². The highest BCUT2D eigenvalue weighted by molar-refractivity contribution is 6.33. The number of carbonyl (C=O) groups is 2. The number of carbonyl (C=O) groups excluding carboxylic acids is 2. The van der Waals surface area contributed by atoms with Gasteiger partial charge in [0.05, 0.1) is 35.3 Å². The van der Waals surface area contributed by atoms with Gasteiger partial charge in [0.2, 0.25) is 11.3 Å². The van der Waals surface area contributed by atoms with E-state index in [-0.39, 0.29) is 51.2 Å². The average molecular weight is 712 g/mol. The molecule has 4 aromatic rings. The molecule has 0 bridgehead atoms. The zero-order chi connectivity index (χ0) is 35.7. The third-order valence-corrected chi connectivity index (χ3v) is 10.3. The van der Waals surface area contributed by atoms with E-state index in [1.807, 2.05) is 6.92 Å². The molecule has 7 rings (SSSR count). The summed E-state index contributed by atoms with van der Waals surface area (Å²) < 4.78 is 46.7. The summed E-state index contributed by atoms with van der Waals surface area (Å²) in [5, 5.41) is 13.1. The molecular weight excluding hydrogens is 679 g/mol. The summed E-state index contributed by atoms with van der Waals surface area (Å²) in [5.41, 5.74) is 0.0768. The van der Waals surface area contributed by atoms with Crippen LogP contribution >= 0.6 is 11.6 Å². The van der Waals surface area contributed by atoms with Crippen LogP contribution < -0.4 is 20.4 Å². The standard InChI is InChI=1S/C34H33ClF3N7O5/c1-17-13-33(7-9-44(10-8-33)32(49)27-29(47)19-6-11-50-22(19)14-39-27)25-28(17)45(31-26(30(25)48)42-23(15-40-31)43(2)3)16-24(46)41-21-5-4-18(12-20(21)35)34(36,37)38/h4-5,12,14-15,17,47H,6-11,13,16H2,1-3H3,(H,41,46)/t17-/m0/s1. The number of amides is 2. The molecule has 1 atom stereocenters. The van der Waals surface area contributed by atoms with Crippen LogP contribution in [0.3, 0.4) is 0 Å². The number of alkyl halides is 3. The predicted molar refractivity (Wildman–Crippen MR) is 178 cm³/mol. The van der Waals surface area contributed by atoms with Crippen molar-refractivity contribution in [3.05, 3.63) is 73.9 Å². The number of nitrogens with zero attached hydrogens (tertiary/aromatic N) is 6. The normalized spacial score (nSPS) is 17.8. The minimum absolute atomic E-state index is 0.00521. The predicted octanol–water partition coefficient (Wildman–Crippen LogP) is 4.89. The number of hydrogen-bond donors (Lipinski definition) is 2. The van der Waals surface area contributed by atoms with Crippen molar-refractivity contribution in [2.45, 2.75) is 56.7 Å². The topological polar surface area (TPSA) is 143 Å². The van der Waals surface area contributed by atoms with Gasteiger partial charge in [-0.05, 0) is 43.4 Å². The molecule has 1 saturated heterocycles. The highest BCUT2D eigenvalue weighted by Gasteiger charge is 2.49. The summed E-state index contributed by atoms with van der Waals surface area (Å²) in [6, 6.07) is 2.68. The Bertz CT molecular complexity index is 2130. The van der Waals surface area contributed by atoms with Crippen LogP contribution in [0.25, 0.3) is 11.2 Å².